The topological polar surface area (TPSA) is 78.5 Å². The van der Waals surface area contributed by atoms with Gasteiger partial charge in [0.1, 0.15) is 11.9 Å². The van der Waals surface area contributed by atoms with Crippen LogP contribution in [0, 0.1) is 0 Å². The van der Waals surface area contributed by atoms with Gasteiger partial charge >= 0.3 is 12.1 Å². The lowest BCUT2D eigenvalue weighted by Crippen LogP contribution is -2.37. The van der Waals surface area contributed by atoms with Crippen LogP contribution in [0.2, 0.25) is 0 Å². The predicted octanol–water partition coefficient (Wildman–Crippen LogP) is 1.62. The molecule has 18 heavy (non-hydrogen) atoms. The number of amides is 1. The summed E-state index contributed by atoms with van der Waals surface area (Å²) in [5.74, 6) is -6.57. The van der Waals surface area contributed by atoms with Crippen LogP contribution in [-0.4, -0.2) is 30.2 Å². The third-order valence-corrected chi connectivity index (χ3v) is 1.50. The van der Waals surface area contributed by atoms with Crippen molar-refractivity contribution in [2.24, 2.45) is 20.4 Å². The number of rotatable bonds is 2. The third kappa shape index (κ3) is 3.15. The van der Waals surface area contributed by atoms with Gasteiger partial charge in [-0.2, -0.15) is 27.1 Å². The van der Waals surface area contributed by atoms with Crippen LogP contribution in [0.1, 0.15) is 0 Å². The Balaban J connectivity index is 2.79. The highest BCUT2D eigenvalue weighted by molar-refractivity contribution is 6.06. The summed E-state index contributed by atoms with van der Waals surface area (Å²) in [4.78, 5) is 10.9. The molecule has 0 aromatic rings. The maximum absolute atomic E-state index is 12.3. The lowest BCUT2D eigenvalue weighted by atomic mass is 10.4. The molecular formula is C7H4F5N5O. The van der Waals surface area contributed by atoms with Gasteiger partial charge in [0.15, 0.2) is 0 Å². The molecule has 1 N–H and O–H groups in total. The van der Waals surface area contributed by atoms with Crippen LogP contribution in [0.4, 0.5) is 22.0 Å². The Hall–Kier alpha value is -2.20. The minimum atomic E-state index is -5.78. The smallest absolute Gasteiger partial charge is 0.286 e. The summed E-state index contributed by atoms with van der Waals surface area (Å²) in [6.07, 6.45) is -6.49. The predicted molar refractivity (Wildman–Crippen MR) is 49.1 cm³/mol. The zero-order valence-corrected chi connectivity index (χ0v) is 8.37. The standard InChI is InChI=1S/C7H4F5N5O/c1-3-4(18)14-5(17-15-3)16-13-2-6(8,9)7(10,11)12/h2H,1H2,(H,14,16,18)/b13-2+. The van der Waals surface area contributed by atoms with E-state index in [1.807, 2.05) is 5.32 Å². The molecule has 1 amide bonds. The Bertz CT molecular complexity index is 463. The molecule has 0 aromatic heterocycles. The summed E-state index contributed by atoms with van der Waals surface area (Å²) in [6, 6.07) is 0. The van der Waals surface area contributed by atoms with Gasteiger partial charge in [-0.3, -0.25) is 10.1 Å². The fourth-order valence-corrected chi connectivity index (χ4v) is 0.626. The van der Waals surface area contributed by atoms with E-state index in [1.165, 1.54) is 0 Å². The summed E-state index contributed by atoms with van der Waals surface area (Å²) in [5, 5.41) is 13.5. The van der Waals surface area contributed by atoms with E-state index in [1.54, 1.807) is 0 Å². The molecule has 1 aliphatic heterocycles. The molecular weight excluding hydrogens is 265 g/mol. The highest BCUT2D eigenvalue weighted by Crippen LogP contribution is 2.33. The van der Waals surface area contributed by atoms with Crippen molar-refractivity contribution in [3.05, 3.63) is 12.3 Å². The van der Waals surface area contributed by atoms with Crippen molar-refractivity contribution < 1.29 is 26.7 Å². The Morgan fingerprint density at radius 3 is 2.33 bits per heavy atom. The quantitative estimate of drug-likeness (QED) is 0.351. The molecule has 0 atom stereocenters. The second-order valence-corrected chi connectivity index (χ2v) is 2.89. The molecule has 1 aliphatic rings. The average Bonchev–Trinajstić information content (AvgIpc) is 2.21. The number of carbonyl (C=O) groups excluding carboxylic acids is 1. The van der Waals surface area contributed by atoms with E-state index in [0.717, 1.165) is 0 Å². The zero-order chi connectivity index (χ0) is 14.0. The van der Waals surface area contributed by atoms with Crippen LogP contribution in [-0.2, 0) is 4.79 Å². The van der Waals surface area contributed by atoms with Crippen molar-refractivity contribution in [3.8, 4) is 0 Å². The first kappa shape index (κ1) is 13.9. The SMILES string of the molecule is C=C1N=N/C(=N/N=C/C(F)(F)C(F)(F)F)NC1=O. The van der Waals surface area contributed by atoms with E-state index < -0.39 is 30.2 Å². The minimum absolute atomic E-state index is 0.265. The molecule has 0 spiro atoms. The zero-order valence-electron chi connectivity index (χ0n) is 8.37. The summed E-state index contributed by atoms with van der Waals surface area (Å²) in [7, 11) is 0. The van der Waals surface area contributed by atoms with E-state index in [-0.39, 0.29) is 5.70 Å². The van der Waals surface area contributed by atoms with Crippen molar-refractivity contribution in [2.45, 2.75) is 12.1 Å². The Kier molecular flexibility index (Phi) is 3.53. The van der Waals surface area contributed by atoms with E-state index >= 15 is 0 Å². The molecule has 0 unspecified atom stereocenters. The fourth-order valence-electron chi connectivity index (χ4n) is 0.626. The Morgan fingerprint density at radius 2 is 1.83 bits per heavy atom. The highest BCUT2D eigenvalue weighted by Gasteiger charge is 2.56. The third-order valence-electron chi connectivity index (χ3n) is 1.50. The molecule has 0 saturated carbocycles. The summed E-state index contributed by atoms with van der Waals surface area (Å²) in [5.41, 5.74) is -0.265. The lowest BCUT2D eigenvalue weighted by molar-refractivity contribution is -0.247. The normalized spacial score (nSPS) is 19.7. The number of hydrogen-bond donors (Lipinski definition) is 1. The van der Waals surface area contributed by atoms with Gasteiger partial charge in [0.2, 0.25) is 0 Å². The second kappa shape index (κ2) is 4.58. The first-order valence-corrected chi connectivity index (χ1v) is 4.12. The van der Waals surface area contributed by atoms with Gasteiger partial charge in [0.05, 0.1) is 0 Å². The van der Waals surface area contributed by atoms with Crippen LogP contribution >= 0.6 is 0 Å². The summed E-state index contributed by atoms with van der Waals surface area (Å²) < 4.78 is 59.7. The molecule has 0 fully saturated rings. The number of nitrogens with zero attached hydrogens (tertiary/aromatic N) is 4. The molecule has 0 aromatic carbocycles. The van der Waals surface area contributed by atoms with E-state index in [0.29, 0.717) is 0 Å². The maximum atomic E-state index is 12.3. The number of guanidine groups is 1. The largest absolute Gasteiger partial charge is 0.459 e. The molecule has 0 bridgehead atoms. The first-order chi connectivity index (χ1) is 8.13. The molecule has 0 saturated heterocycles. The van der Waals surface area contributed by atoms with Gasteiger partial charge in [-0.1, -0.05) is 6.58 Å². The number of nitrogens with one attached hydrogen (secondary N) is 1. The van der Waals surface area contributed by atoms with Crippen molar-refractivity contribution >= 4 is 18.1 Å². The van der Waals surface area contributed by atoms with Crippen molar-refractivity contribution in [1.29, 1.82) is 0 Å². The van der Waals surface area contributed by atoms with Crippen LogP contribution < -0.4 is 5.32 Å². The Labute approximate surface area is 96.0 Å². The van der Waals surface area contributed by atoms with Crippen molar-refractivity contribution in [2.75, 3.05) is 0 Å². The average molecular weight is 269 g/mol. The van der Waals surface area contributed by atoms with Crippen LogP contribution in [0.3, 0.4) is 0 Å². The van der Waals surface area contributed by atoms with Crippen molar-refractivity contribution in [1.82, 2.24) is 5.32 Å². The van der Waals surface area contributed by atoms with Gasteiger partial charge in [0.25, 0.3) is 11.9 Å². The fraction of sp³-hybridized carbons (Fsp3) is 0.286. The maximum Gasteiger partial charge on any atom is 0.459 e. The van der Waals surface area contributed by atoms with Crippen LogP contribution in [0.25, 0.3) is 0 Å². The monoisotopic (exact) mass is 269 g/mol. The van der Waals surface area contributed by atoms with Gasteiger partial charge in [-0.15, -0.1) is 15.3 Å². The molecule has 11 heteroatoms. The summed E-state index contributed by atoms with van der Waals surface area (Å²) >= 11 is 0. The first-order valence-electron chi connectivity index (χ1n) is 4.12. The van der Waals surface area contributed by atoms with Crippen LogP contribution in [0.5, 0.6) is 0 Å². The van der Waals surface area contributed by atoms with Crippen molar-refractivity contribution in [3.63, 3.8) is 0 Å². The highest BCUT2D eigenvalue weighted by atomic mass is 19.4. The molecule has 6 nitrogen and oxygen atoms in total. The van der Waals surface area contributed by atoms with Gasteiger partial charge in [-0.05, 0) is 0 Å². The van der Waals surface area contributed by atoms with E-state index in [2.05, 4.69) is 27.0 Å². The molecule has 1 rings (SSSR count). The number of halogens is 5. The molecule has 0 radical (unpaired) electrons. The summed E-state index contributed by atoms with van der Waals surface area (Å²) in [6.45, 7) is 3.15. The number of carbonyl (C=O) groups is 1. The van der Waals surface area contributed by atoms with E-state index in [9.17, 15) is 26.7 Å². The Morgan fingerprint density at radius 1 is 1.22 bits per heavy atom. The van der Waals surface area contributed by atoms with Gasteiger partial charge in [0, 0.05) is 0 Å². The van der Waals surface area contributed by atoms with Gasteiger partial charge in [-0.25, -0.2) is 0 Å². The minimum Gasteiger partial charge on any atom is -0.286 e. The molecule has 0 aliphatic carbocycles. The second-order valence-electron chi connectivity index (χ2n) is 2.89. The number of hydrogen-bond acceptors (Lipinski definition) is 4. The number of alkyl halides is 5. The van der Waals surface area contributed by atoms with E-state index in [4.69, 9.17) is 0 Å². The lowest BCUT2D eigenvalue weighted by Gasteiger charge is -2.13. The van der Waals surface area contributed by atoms with Gasteiger partial charge < -0.3 is 0 Å². The van der Waals surface area contributed by atoms with Crippen LogP contribution in [0.15, 0.2) is 32.7 Å². The molecule has 1 heterocycles. The number of azo groups is 1. The molecule has 98 valence electrons.